The van der Waals surface area contributed by atoms with E-state index in [1.165, 1.54) is 0 Å². The van der Waals surface area contributed by atoms with E-state index in [1.807, 2.05) is 31.2 Å². The Labute approximate surface area is 132 Å². The zero-order valence-electron chi connectivity index (χ0n) is 11.9. The van der Waals surface area contributed by atoms with Crippen LogP contribution in [-0.2, 0) is 0 Å². The van der Waals surface area contributed by atoms with Crippen molar-refractivity contribution in [2.45, 2.75) is 13.0 Å². The lowest BCUT2D eigenvalue weighted by atomic mass is 10.1. The highest BCUT2D eigenvalue weighted by atomic mass is 79.9. The molecule has 0 spiro atoms. The highest BCUT2D eigenvalue weighted by molar-refractivity contribution is 9.10. The quantitative estimate of drug-likeness (QED) is 0.830. The van der Waals surface area contributed by atoms with Gasteiger partial charge in [0.15, 0.2) is 0 Å². The lowest BCUT2D eigenvalue weighted by molar-refractivity contribution is 0.0940. The van der Waals surface area contributed by atoms with E-state index in [9.17, 15) is 4.79 Å². The number of benzene rings is 2. The fraction of sp³-hybridized carbons (Fsp3) is 0.188. The first kappa shape index (κ1) is 15.4. The maximum Gasteiger partial charge on any atom is 0.253 e. The van der Waals surface area contributed by atoms with Crippen molar-refractivity contribution in [1.29, 1.82) is 0 Å². The molecule has 2 aromatic carbocycles. The Bertz CT molecular complexity index is 641. The Kier molecular flexibility index (Phi) is 4.85. The van der Waals surface area contributed by atoms with Gasteiger partial charge in [-0.3, -0.25) is 4.79 Å². The third-order valence-electron chi connectivity index (χ3n) is 3.22. The number of anilines is 1. The van der Waals surface area contributed by atoms with Gasteiger partial charge in [0.25, 0.3) is 5.91 Å². The number of nitrogen functional groups attached to an aromatic ring is 1. The molecule has 0 aliphatic rings. The van der Waals surface area contributed by atoms with Gasteiger partial charge in [-0.05, 0) is 42.8 Å². The predicted octanol–water partition coefficient (Wildman–Crippen LogP) is 3.53. The first-order chi connectivity index (χ1) is 10.0. The predicted molar refractivity (Wildman–Crippen MR) is 87.4 cm³/mol. The van der Waals surface area contributed by atoms with Gasteiger partial charge in [0.1, 0.15) is 5.75 Å². The van der Waals surface area contributed by atoms with E-state index in [1.54, 1.807) is 25.3 Å². The molecule has 0 unspecified atom stereocenters. The summed E-state index contributed by atoms with van der Waals surface area (Å²) in [5.41, 5.74) is 7.72. The number of ether oxygens (including phenoxy) is 1. The van der Waals surface area contributed by atoms with Crippen LogP contribution in [-0.4, -0.2) is 13.0 Å². The van der Waals surface area contributed by atoms with Gasteiger partial charge in [0.05, 0.1) is 18.7 Å². The van der Waals surface area contributed by atoms with E-state index in [2.05, 4.69) is 21.2 Å². The van der Waals surface area contributed by atoms with Crippen molar-refractivity contribution in [3.63, 3.8) is 0 Å². The van der Waals surface area contributed by atoms with Gasteiger partial charge < -0.3 is 15.8 Å². The van der Waals surface area contributed by atoms with E-state index in [0.29, 0.717) is 17.0 Å². The number of nitrogens with two attached hydrogens (primary N) is 1. The van der Waals surface area contributed by atoms with Gasteiger partial charge in [-0.15, -0.1) is 0 Å². The van der Waals surface area contributed by atoms with Crippen LogP contribution in [0.25, 0.3) is 0 Å². The average molecular weight is 349 g/mol. The zero-order chi connectivity index (χ0) is 15.4. The highest BCUT2D eigenvalue weighted by Gasteiger charge is 2.14. The normalized spacial score (nSPS) is 11.8. The van der Waals surface area contributed by atoms with Gasteiger partial charge in [0.2, 0.25) is 0 Å². The van der Waals surface area contributed by atoms with Gasteiger partial charge in [0, 0.05) is 10.2 Å². The fourth-order valence-corrected chi connectivity index (χ4v) is 2.23. The van der Waals surface area contributed by atoms with Crippen molar-refractivity contribution < 1.29 is 9.53 Å². The van der Waals surface area contributed by atoms with Crippen LogP contribution in [0.2, 0.25) is 0 Å². The highest BCUT2D eigenvalue weighted by Crippen LogP contribution is 2.21. The number of halogens is 1. The molecule has 0 saturated heterocycles. The third-order valence-corrected chi connectivity index (χ3v) is 3.75. The van der Waals surface area contributed by atoms with Crippen LogP contribution in [0.15, 0.2) is 46.9 Å². The van der Waals surface area contributed by atoms with Crippen molar-refractivity contribution in [3.05, 3.63) is 58.1 Å². The molecule has 0 fully saturated rings. The first-order valence-electron chi connectivity index (χ1n) is 6.51. The van der Waals surface area contributed by atoms with Crippen molar-refractivity contribution in [2.75, 3.05) is 12.8 Å². The molecule has 0 radical (unpaired) electrons. The van der Waals surface area contributed by atoms with E-state index in [-0.39, 0.29) is 11.9 Å². The van der Waals surface area contributed by atoms with Crippen LogP contribution in [0, 0.1) is 0 Å². The molecule has 3 N–H and O–H groups in total. The summed E-state index contributed by atoms with van der Waals surface area (Å²) < 4.78 is 6.12. The maximum atomic E-state index is 12.3. The van der Waals surface area contributed by atoms with Crippen LogP contribution in [0.5, 0.6) is 5.75 Å². The van der Waals surface area contributed by atoms with Gasteiger partial charge in [-0.2, -0.15) is 0 Å². The lowest BCUT2D eigenvalue weighted by Gasteiger charge is -2.16. The molecule has 1 amide bonds. The van der Waals surface area contributed by atoms with Crippen LogP contribution >= 0.6 is 15.9 Å². The number of carbonyl (C=O) groups excluding carboxylic acids is 1. The second-order valence-corrected chi connectivity index (χ2v) is 5.62. The number of methoxy groups -OCH3 is 1. The SMILES string of the molecule is COc1ccc(N)c(C(=O)N[C@@H](C)c2ccc(Br)cc2)c1. The van der Waals surface area contributed by atoms with Crippen LogP contribution < -0.4 is 15.8 Å². The molecule has 0 aromatic heterocycles. The summed E-state index contributed by atoms with van der Waals surface area (Å²) in [6.45, 7) is 1.93. The minimum atomic E-state index is -0.221. The Morgan fingerprint density at radius 3 is 2.52 bits per heavy atom. The zero-order valence-corrected chi connectivity index (χ0v) is 13.5. The van der Waals surface area contributed by atoms with Crippen LogP contribution in [0.1, 0.15) is 28.9 Å². The number of amides is 1. The number of rotatable bonds is 4. The maximum absolute atomic E-state index is 12.3. The molecule has 110 valence electrons. The van der Waals surface area contributed by atoms with Crippen molar-refractivity contribution in [3.8, 4) is 5.75 Å². The Hall–Kier alpha value is -2.01. The monoisotopic (exact) mass is 348 g/mol. The Balaban J connectivity index is 2.15. The molecule has 2 rings (SSSR count). The van der Waals surface area contributed by atoms with E-state index in [4.69, 9.17) is 10.5 Å². The summed E-state index contributed by atoms with van der Waals surface area (Å²) in [6.07, 6.45) is 0. The molecule has 21 heavy (non-hydrogen) atoms. The molecule has 4 nitrogen and oxygen atoms in total. The molecule has 0 aliphatic carbocycles. The minimum absolute atomic E-state index is 0.115. The summed E-state index contributed by atoms with van der Waals surface area (Å²) in [4.78, 5) is 12.3. The molecule has 1 atom stereocenters. The third kappa shape index (κ3) is 3.76. The second-order valence-electron chi connectivity index (χ2n) is 4.70. The lowest BCUT2D eigenvalue weighted by Crippen LogP contribution is -2.27. The first-order valence-corrected chi connectivity index (χ1v) is 7.30. The van der Waals surface area contributed by atoms with Gasteiger partial charge in [-0.1, -0.05) is 28.1 Å². The number of carbonyl (C=O) groups is 1. The molecule has 5 heteroatoms. The Morgan fingerprint density at radius 2 is 1.90 bits per heavy atom. The number of nitrogens with one attached hydrogen (secondary N) is 1. The molecule has 0 bridgehead atoms. The van der Waals surface area contributed by atoms with E-state index in [0.717, 1.165) is 10.0 Å². The standard InChI is InChI=1S/C16H17BrN2O2/c1-10(11-3-5-12(17)6-4-11)19-16(20)14-9-13(21-2)7-8-15(14)18/h3-10H,18H2,1-2H3,(H,19,20)/t10-/m0/s1. The summed E-state index contributed by atoms with van der Waals surface area (Å²) in [5, 5.41) is 2.93. The summed E-state index contributed by atoms with van der Waals surface area (Å²) in [7, 11) is 1.55. The molecule has 0 aliphatic heterocycles. The number of hydrogen-bond donors (Lipinski definition) is 2. The van der Waals surface area contributed by atoms with Crippen molar-refractivity contribution in [1.82, 2.24) is 5.32 Å². The molecule has 0 heterocycles. The fourth-order valence-electron chi connectivity index (χ4n) is 1.97. The number of hydrogen-bond acceptors (Lipinski definition) is 3. The van der Waals surface area contributed by atoms with Gasteiger partial charge >= 0.3 is 0 Å². The smallest absolute Gasteiger partial charge is 0.253 e. The second kappa shape index (κ2) is 6.63. The summed E-state index contributed by atoms with van der Waals surface area (Å²) >= 11 is 3.39. The van der Waals surface area contributed by atoms with Crippen molar-refractivity contribution in [2.24, 2.45) is 0 Å². The molecular weight excluding hydrogens is 332 g/mol. The topological polar surface area (TPSA) is 64.3 Å². The van der Waals surface area contributed by atoms with Crippen LogP contribution in [0.4, 0.5) is 5.69 Å². The van der Waals surface area contributed by atoms with E-state index >= 15 is 0 Å². The van der Waals surface area contributed by atoms with Crippen LogP contribution in [0.3, 0.4) is 0 Å². The average Bonchev–Trinajstić information content (AvgIpc) is 2.48. The Morgan fingerprint density at radius 1 is 1.24 bits per heavy atom. The van der Waals surface area contributed by atoms with E-state index < -0.39 is 0 Å². The van der Waals surface area contributed by atoms with Gasteiger partial charge in [-0.25, -0.2) is 0 Å². The molecule has 2 aromatic rings. The molecular formula is C16H17BrN2O2. The summed E-state index contributed by atoms with van der Waals surface area (Å²) in [5.74, 6) is 0.382. The van der Waals surface area contributed by atoms with Crippen molar-refractivity contribution >= 4 is 27.5 Å². The summed E-state index contributed by atoms with van der Waals surface area (Å²) in [6, 6.07) is 12.7. The largest absolute Gasteiger partial charge is 0.497 e. The minimum Gasteiger partial charge on any atom is -0.497 e. The molecule has 0 saturated carbocycles.